The molecule has 0 amide bonds. The van der Waals surface area contributed by atoms with Crippen LogP contribution in [-0.4, -0.2) is 19.7 Å². The van der Waals surface area contributed by atoms with Crippen LogP contribution in [0, 0.1) is 6.92 Å². The molecule has 3 aromatic heterocycles. The number of alkyl halides is 8. The van der Waals surface area contributed by atoms with Gasteiger partial charge in [0.25, 0.3) is 5.92 Å². The number of halogens is 8. The first-order valence-electron chi connectivity index (χ1n) is 7.79. The summed E-state index contributed by atoms with van der Waals surface area (Å²) in [6.45, 7) is 1.58. The molecule has 0 fully saturated rings. The maximum Gasteiger partial charge on any atom is 0.434 e. The monoisotopic (exact) mass is 425 g/mol. The molecule has 13 heteroatoms. The first-order chi connectivity index (χ1) is 13.1. The Balaban J connectivity index is 2.31. The van der Waals surface area contributed by atoms with E-state index in [1.807, 2.05) is 0 Å². The number of pyridine rings is 2. The van der Waals surface area contributed by atoms with Gasteiger partial charge in [0.2, 0.25) is 0 Å². The Kier molecular flexibility index (Phi) is 4.47. The smallest absolute Gasteiger partial charge is 0.383 e. The van der Waals surface area contributed by atoms with Crippen molar-refractivity contribution < 1.29 is 35.1 Å². The van der Waals surface area contributed by atoms with Crippen molar-refractivity contribution in [2.24, 2.45) is 0 Å². The highest BCUT2D eigenvalue weighted by Crippen LogP contribution is 2.40. The number of hydrogen-bond donors (Lipinski definition) is 1. The highest BCUT2D eigenvalue weighted by atomic mass is 19.4. The number of hydrogen-bond acceptors (Lipinski definition) is 4. The average Bonchev–Trinajstić information content (AvgIpc) is 2.88. The Morgan fingerprint density at radius 1 is 0.966 bits per heavy atom. The summed E-state index contributed by atoms with van der Waals surface area (Å²) in [7, 11) is 0. The van der Waals surface area contributed by atoms with Gasteiger partial charge in [0.15, 0.2) is 11.5 Å². The zero-order chi connectivity index (χ0) is 21.9. The maximum absolute atomic E-state index is 13.6. The molecule has 5 nitrogen and oxygen atoms in total. The number of aryl methyl sites for hydroxylation is 1. The molecule has 0 saturated heterocycles. The zero-order valence-electron chi connectivity index (χ0n) is 14.6. The first-order valence-corrected chi connectivity index (χ1v) is 7.79. The number of fused-ring (bicyclic) bond motifs is 1. The standard InChI is InChI=1S/C16H11F8N5/c1-6-3-7(15(19,20)21)5-26-13(6)29-12(25)10-8(28-29)4-9(14(2,17)18)27-11(10)16(22,23)24/h3-5H,25H2,1-2H3. The van der Waals surface area contributed by atoms with Gasteiger partial charge in [-0.25, -0.2) is 9.97 Å². The third-order valence-corrected chi connectivity index (χ3v) is 3.99. The number of nitrogens with two attached hydrogens (primary N) is 1. The molecule has 0 unspecified atom stereocenters. The molecule has 0 spiro atoms. The SMILES string of the molecule is Cc1cc(C(F)(F)F)cnc1-n1nc2cc(C(C)(F)F)nc(C(F)(F)F)c2c1N. The molecule has 156 valence electrons. The molecule has 0 saturated carbocycles. The van der Waals surface area contributed by atoms with E-state index in [-0.39, 0.29) is 11.4 Å². The summed E-state index contributed by atoms with van der Waals surface area (Å²) in [5.74, 6) is -4.64. The number of nitrogens with zero attached hydrogens (tertiary/aromatic N) is 4. The van der Waals surface area contributed by atoms with Gasteiger partial charge in [-0.3, -0.25) is 0 Å². The fraction of sp³-hybridized carbons (Fsp3) is 0.312. The largest absolute Gasteiger partial charge is 0.434 e. The van der Waals surface area contributed by atoms with Crippen LogP contribution >= 0.6 is 0 Å². The lowest BCUT2D eigenvalue weighted by molar-refractivity contribution is -0.140. The average molecular weight is 425 g/mol. The summed E-state index contributed by atoms with van der Waals surface area (Å²) in [6, 6.07) is 1.35. The second kappa shape index (κ2) is 6.26. The van der Waals surface area contributed by atoms with Crippen LogP contribution in [0.4, 0.5) is 40.9 Å². The molecule has 0 aromatic carbocycles. The van der Waals surface area contributed by atoms with E-state index < -0.39 is 51.9 Å². The molecular formula is C16H11F8N5. The summed E-state index contributed by atoms with van der Waals surface area (Å²) in [6.07, 6.45) is -9.36. The van der Waals surface area contributed by atoms with Crippen LogP contribution < -0.4 is 5.73 Å². The fourth-order valence-corrected chi connectivity index (χ4v) is 2.67. The molecule has 0 aliphatic rings. The molecule has 0 radical (unpaired) electrons. The van der Waals surface area contributed by atoms with E-state index in [1.54, 1.807) is 0 Å². The van der Waals surface area contributed by atoms with E-state index in [9.17, 15) is 35.1 Å². The summed E-state index contributed by atoms with van der Waals surface area (Å²) >= 11 is 0. The van der Waals surface area contributed by atoms with Gasteiger partial charge in [0.1, 0.15) is 11.5 Å². The highest BCUT2D eigenvalue weighted by Gasteiger charge is 2.40. The number of nitrogen functional groups attached to an aromatic ring is 1. The molecule has 29 heavy (non-hydrogen) atoms. The normalized spacial score (nSPS) is 13.3. The molecular weight excluding hydrogens is 414 g/mol. The molecule has 3 heterocycles. The van der Waals surface area contributed by atoms with Gasteiger partial charge in [0.05, 0.1) is 16.5 Å². The van der Waals surface area contributed by atoms with Crippen LogP contribution in [0.15, 0.2) is 18.3 Å². The van der Waals surface area contributed by atoms with Crippen molar-refractivity contribution >= 4 is 16.7 Å². The Morgan fingerprint density at radius 2 is 1.59 bits per heavy atom. The second-order valence-electron chi connectivity index (χ2n) is 6.30. The zero-order valence-corrected chi connectivity index (χ0v) is 14.6. The third-order valence-electron chi connectivity index (χ3n) is 3.99. The molecule has 0 atom stereocenters. The Bertz CT molecular complexity index is 1090. The van der Waals surface area contributed by atoms with Crippen molar-refractivity contribution in [1.29, 1.82) is 0 Å². The second-order valence-corrected chi connectivity index (χ2v) is 6.30. The van der Waals surface area contributed by atoms with Crippen LogP contribution in [0.25, 0.3) is 16.7 Å². The van der Waals surface area contributed by atoms with E-state index in [0.717, 1.165) is 0 Å². The molecule has 0 bridgehead atoms. The molecule has 0 aliphatic carbocycles. The Morgan fingerprint density at radius 3 is 2.07 bits per heavy atom. The van der Waals surface area contributed by atoms with Gasteiger partial charge in [-0.1, -0.05) is 0 Å². The van der Waals surface area contributed by atoms with Crippen molar-refractivity contribution in [3.63, 3.8) is 0 Å². The summed E-state index contributed by atoms with van der Waals surface area (Å²) in [5.41, 5.74) is 1.14. The molecule has 2 N–H and O–H groups in total. The lowest BCUT2D eigenvalue weighted by Gasteiger charge is -2.13. The minimum Gasteiger partial charge on any atom is -0.383 e. The third kappa shape index (κ3) is 3.68. The van der Waals surface area contributed by atoms with Gasteiger partial charge >= 0.3 is 12.4 Å². The molecule has 3 aromatic rings. The summed E-state index contributed by atoms with van der Waals surface area (Å²) < 4.78 is 106. The Labute approximate surface area is 157 Å². The van der Waals surface area contributed by atoms with E-state index in [4.69, 9.17) is 5.73 Å². The molecule has 3 rings (SSSR count). The van der Waals surface area contributed by atoms with Gasteiger partial charge in [-0.2, -0.15) is 44.9 Å². The van der Waals surface area contributed by atoms with Gasteiger partial charge in [-0.05, 0) is 24.6 Å². The Hall–Kier alpha value is -2.99. The van der Waals surface area contributed by atoms with E-state index in [1.165, 1.54) is 6.92 Å². The topological polar surface area (TPSA) is 69.6 Å². The lowest BCUT2D eigenvalue weighted by atomic mass is 10.1. The fourth-order valence-electron chi connectivity index (χ4n) is 2.67. The maximum atomic E-state index is 13.6. The highest BCUT2D eigenvalue weighted by molar-refractivity contribution is 5.92. The van der Waals surface area contributed by atoms with Crippen LogP contribution in [0.1, 0.15) is 29.4 Å². The van der Waals surface area contributed by atoms with Crippen molar-refractivity contribution in [1.82, 2.24) is 19.7 Å². The quantitative estimate of drug-likeness (QED) is 0.596. The first kappa shape index (κ1) is 20.7. The predicted molar refractivity (Wildman–Crippen MR) is 85.4 cm³/mol. The van der Waals surface area contributed by atoms with Crippen LogP contribution in [-0.2, 0) is 18.3 Å². The van der Waals surface area contributed by atoms with Gasteiger partial charge in [0, 0.05) is 13.1 Å². The summed E-state index contributed by atoms with van der Waals surface area (Å²) in [5, 5.41) is 3.00. The van der Waals surface area contributed by atoms with Crippen LogP contribution in [0.2, 0.25) is 0 Å². The van der Waals surface area contributed by atoms with Crippen molar-refractivity contribution in [3.8, 4) is 5.82 Å². The number of aromatic nitrogens is 4. The van der Waals surface area contributed by atoms with Crippen molar-refractivity contribution in [2.75, 3.05) is 5.73 Å². The number of anilines is 1. The van der Waals surface area contributed by atoms with E-state index >= 15 is 0 Å². The van der Waals surface area contributed by atoms with E-state index in [0.29, 0.717) is 29.9 Å². The van der Waals surface area contributed by atoms with Gasteiger partial charge in [-0.15, -0.1) is 0 Å². The van der Waals surface area contributed by atoms with E-state index in [2.05, 4.69) is 15.1 Å². The van der Waals surface area contributed by atoms with Gasteiger partial charge < -0.3 is 5.73 Å². The minimum atomic E-state index is -5.13. The minimum absolute atomic E-state index is 0.0955. The van der Waals surface area contributed by atoms with Crippen LogP contribution in [0.5, 0.6) is 0 Å². The predicted octanol–water partition coefficient (Wildman–Crippen LogP) is 4.86. The lowest BCUT2D eigenvalue weighted by Crippen LogP contribution is -2.16. The molecule has 0 aliphatic heterocycles. The van der Waals surface area contributed by atoms with Crippen molar-refractivity contribution in [2.45, 2.75) is 32.1 Å². The number of rotatable bonds is 2. The van der Waals surface area contributed by atoms with Crippen molar-refractivity contribution in [3.05, 3.63) is 40.8 Å². The van der Waals surface area contributed by atoms with Crippen LogP contribution in [0.3, 0.4) is 0 Å². The summed E-state index contributed by atoms with van der Waals surface area (Å²) in [4.78, 5) is 6.59.